The second-order valence-electron chi connectivity index (χ2n) is 4.98. The molecule has 0 saturated carbocycles. The first-order valence-corrected chi connectivity index (χ1v) is 8.89. The van der Waals surface area contributed by atoms with Crippen LogP contribution in [0.15, 0.2) is 29.2 Å². The zero-order chi connectivity index (χ0) is 17.0. The van der Waals surface area contributed by atoms with E-state index in [1.54, 1.807) is 19.1 Å². The Morgan fingerprint density at radius 3 is 2.57 bits per heavy atom. The molecule has 0 unspecified atom stereocenters. The molecule has 124 valence electrons. The Balaban J connectivity index is 2.26. The van der Waals surface area contributed by atoms with E-state index in [1.807, 2.05) is 0 Å². The van der Waals surface area contributed by atoms with Crippen molar-refractivity contribution in [3.05, 3.63) is 41.2 Å². The van der Waals surface area contributed by atoms with Crippen molar-refractivity contribution >= 4 is 33.2 Å². The van der Waals surface area contributed by atoms with Crippen LogP contribution in [0.3, 0.4) is 0 Å². The van der Waals surface area contributed by atoms with Gasteiger partial charge in [0.15, 0.2) is 5.69 Å². The molecule has 1 aromatic heterocycles. The van der Waals surface area contributed by atoms with Crippen molar-refractivity contribution in [1.29, 1.82) is 0 Å². The molecule has 0 aliphatic heterocycles. The average molecular weight is 357 g/mol. The molecular weight excluding hydrogens is 340 g/mol. The third-order valence-corrected chi connectivity index (χ3v) is 4.88. The average Bonchev–Trinajstić information content (AvgIpc) is 2.86. The Hall–Kier alpha value is -2.06. The SMILES string of the molecule is Cc1[nH]nc(C(N)=O)c1NS(=O)(=O)c1ccc(CCCCl)cc1. The first-order valence-electron chi connectivity index (χ1n) is 6.87. The van der Waals surface area contributed by atoms with Crippen molar-refractivity contribution in [1.82, 2.24) is 10.2 Å². The number of aryl methyl sites for hydroxylation is 2. The number of aromatic amines is 1. The molecule has 0 aliphatic carbocycles. The van der Waals surface area contributed by atoms with Gasteiger partial charge in [0, 0.05) is 5.88 Å². The Kier molecular flexibility index (Phi) is 5.27. The highest BCUT2D eigenvalue weighted by Crippen LogP contribution is 2.22. The second kappa shape index (κ2) is 7.01. The molecule has 1 heterocycles. The minimum absolute atomic E-state index is 0.0590. The lowest BCUT2D eigenvalue weighted by molar-refractivity contribution is 0.0996. The molecule has 0 saturated heterocycles. The fourth-order valence-corrected chi connectivity index (χ4v) is 3.30. The fraction of sp³-hybridized carbons (Fsp3) is 0.286. The van der Waals surface area contributed by atoms with Gasteiger partial charge >= 0.3 is 0 Å². The Morgan fingerprint density at radius 1 is 1.35 bits per heavy atom. The third kappa shape index (κ3) is 4.02. The maximum Gasteiger partial charge on any atom is 0.271 e. The smallest absolute Gasteiger partial charge is 0.271 e. The van der Waals surface area contributed by atoms with Crippen LogP contribution in [-0.2, 0) is 16.4 Å². The van der Waals surface area contributed by atoms with E-state index in [4.69, 9.17) is 17.3 Å². The Bertz CT molecular complexity index is 800. The molecule has 0 spiro atoms. The molecule has 4 N–H and O–H groups in total. The van der Waals surface area contributed by atoms with E-state index in [0.717, 1.165) is 18.4 Å². The number of rotatable bonds is 7. The van der Waals surface area contributed by atoms with E-state index in [9.17, 15) is 13.2 Å². The summed E-state index contributed by atoms with van der Waals surface area (Å²) >= 11 is 5.64. The van der Waals surface area contributed by atoms with Gasteiger partial charge in [-0.05, 0) is 37.5 Å². The number of H-pyrrole nitrogens is 1. The highest BCUT2D eigenvalue weighted by Gasteiger charge is 2.21. The minimum atomic E-state index is -3.84. The lowest BCUT2D eigenvalue weighted by atomic mass is 10.1. The van der Waals surface area contributed by atoms with Crippen molar-refractivity contribution < 1.29 is 13.2 Å². The number of anilines is 1. The van der Waals surface area contributed by atoms with Gasteiger partial charge < -0.3 is 5.73 Å². The second-order valence-corrected chi connectivity index (χ2v) is 7.04. The summed E-state index contributed by atoms with van der Waals surface area (Å²) in [5.41, 5.74) is 6.50. The standard InChI is InChI=1S/C14H17ClN4O3S/c1-9-12(13(14(16)20)18-17-9)19-23(21,22)11-6-4-10(5-7-11)3-2-8-15/h4-7,19H,2-3,8H2,1H3,(H2,16,20)(H,17,18). The zero-order valence-electron chi connectivity index (χ0n) is 12.5. The number of hydrogen-bond acceptors (Lipinski definition) is 4. The van der Waals surface area contributed by atoms with Crippen molar-refractivity contribution in [2.75, 3.05) is 10.6 Å². The van der Waals surface area contributed by atoms with Crippen LogP contribution >= 0.6 is 11.6 Å². The number of alkyl halides is 1. The number of primary amides is 1. The number of halogens is 1. The number of carbonyl (C=O) groups is 1. The van der Waals surface area contributed by atoms with Crippen molar-refractivity contribution in [2.24, 2.45) is 5.73 Å². The van der Waals surface area contributed by atoms with E-state index in [0.29, 0.717) is 11.6 Å². The maximum atomic E-state index is 12.4. The number of sulfonamides is 1. The number of nitrogens with two attached hydrogens (primary N) is 1. The van der Waals surface area contributed by atoms with Gasteiger partial charge in [-0.3, -0.25) is 14.6 Å². The van der Waals surface area contributed by atoms with Crippen LogP contribution in [-0.4, -0.2) is 30.4 Å². The fourth-order valence-electron chi connectivity index (χ4n) is 2.03. The van der Waals surface area contributed by atoms with E-state index in [-0.39, 0.29) is 16.3 Å². The summed E-state index contributed by atoms with van der Waals surface area (Å²) in [6.07, 6.45) is 1.60. The van der Waals surface area contributed by atoms with Crippen molar-refractivity contribution in [3.8, 4) is 0 Å². The molecular formula is C14H17ClN4O3S. The number of nitrogens with one attached hydrogen (secondary N) is 2. The summed E-state index contributed by atoms with van der Waals surface area (Å²) < 4.78 is 27.2. The molecule has 0 fully saturated rings. The van der Waals surface area contributed by atoms with E-state index in [1.165, 1.54) is 12.1 Å². The summed E-state index contributed by atoms with van der Waals surface area (Å²) in [7, 11) is -3.84. The Morgan fingerprint density at radius 2 is 2.00 bits per heavy atom. The van der Waals surface area contributed by atoms with Crippen LogP contribution in [0.1, 0.15) is 28.2 Å². The van der Waals surface area contributed by atoms with Gasteiger partial charge in [0.05, 0.1) is 10.6 Å². The van der Waals surface area contributed by atoms with Gasteiger partial charge in [0.25, 0.3) is 15.9 Å². The molecule has 2 aromatic rings. The van der Waals surface area contributed by atoms with Crippen LogP contribution < -0.4 is 10.5 Å². The highest BCUT2D eigenvalue weighted by molar-refractivity contribution is 7.92. The quantitative estimate of drug-likeness (QED) is 0.655. The topological polar surface area (TPSA) is 118 Å². The van der Waals surface area contributed by atoms with Crippen LogP contribution in [0.4, 0.5) is 5.69 Å². The van der Waals surface area contributed by atoms with Gasteiger partial charge in [-0.1, -0.05) is 12.1 Å². The predicted octanol–water partition coefficient (Wildman–Crippen LogP) is 1.79. The monoisotopic (exact) mass is 356 g/mol. The largest absolute Gasteiger partial charge is 0.364 e. The van der Waals surface area contributed by atoms with E-state index in [2.05, 4.69) is 14.9 Å². The van der Waals surface area contributed by atoms with Crippen LogP contribution in [0, 0.1) is 6.92 Å². The summed E-state index contributed by atoms with van der Waals surface area (Å²) in [5, 5.41) is 6.24. The Labute approximate surface area is 139 Å². The summed E-state index contributed by atoms with van der Waals surface area (Å²) in [6, 6.07) is 6.48. The van der Waals surface area contributed by atoms with Gasteiger partial charge in [-0.25, -0.2) is 8.42 Å². The van der Waals surface area contributed by atoms with E-state index >= 15 is 0 Å². The first kappa shape index (κ1) is 17.3. The molecule has 9 heteroatoms. The molecule has 2 rings (SSSR count). The molecule has 23 heavy (non-hydrogen) atoms. The molecule has 0 bridgehead atoms. The number of amides is 1. The molecule has 1 amide bonds. The van der Waals surface area contributed by atoms with Gasteiger partial charge in [0.1, 0.15) is 5.69 Å². The molecule has 0 radical (unpaired) electrons. The highest BCUT2D eigenvalue weighted by atomic mass is 35.5. The van der Waals surface area contributed by atoms with Crippen LogP contribution in [0.2, 0.25) is 0 Å². The normalized spacial score (nSPS) is 11.4. The maximum absolute atomic E-state index is 12.4. The molecule has 1 aromatic carbocycles. The predicted molar refractivity (Wildman–Crippen MR) is 88.1 cm³/mol. The van der Waals surface area contributed by atoms with Crippen molar-refractivity contribution in [3.63, 3.8) is 0 Å². The zero-order valence-corrected chi connectivity index (χ0v) is 14.0. The summed E-state index contributed by atoms with van der Waals surface area (Å²) in [4.78, 5) is 11.4. The van der Waals surface area contributed by atoms with Crippen LogP contribution in [0.5, 0.6) is 0 Å². The van der Waals surface area contributed by atoms with Gasteiger partial charge in [-0.2, -0.15) is 5.10 Å². The number of nitrogens with zero attached hydrogens (tertiary/aromatic N) is 1. The lowest BCUT2D eigenvalue weighted by Crippen LogP contribution is -2.18. The number of carbonyl (C=O) groups excluding carboxylic acids is 1. The first-order chi connectivity index (χ1) is 10.8. The number of aromatic nitrogens is 2. The van der Waals surface area contributed by atoms with Crippen LogP contribution in [0.25, 0.3) is 0 Å². The minimum Gasteiger partial charge on any atom is -0.364 e. The molecule has 7 nitrogen and oxygen atoms in total. The van der Waals surface area contributed by atoms with Gasteiger partial charge in [-0.15, -0.1) is 11.6 Å². The molecule has 0 atom stereocenters. The van der Waals surface area contributed by atoms with Gasteiger partial charge in [0.2, 0.25) is 0 Å². The lowest BCUT2D eigenvalue weighted by Gasteiger charge is -2.09. The van der Waals surface area contributed by atoms with Crippen molar-refractivity contribution in [2.45, 2.75) is 24.7 Å². The van der Waals surface area contributed by atoms with E-state index < -0.39 is 15.9 Å². The third-order valence-electron chi connectivity index (χ3n) is 3.25. The summed E-state index contributed by atoms with van der Waals surface area (Å²) in [5.74, 6) is -0.263. The summed E-state index contributed by atoms with van der Waals surface area (Å²) in [6.45, 7) is 1.59. The molecule has 0 aliphatic rings. The number of hydrogen-bond donors (Lipinski definition) is 3. The number of benzene rings is 1.